The molecule has 0 N–H and O–H groups in total. The summed E-state index contributed by atoms with van der Waals surface area (Å²) in [7, 11) is 0. The highest BCUT2D eigenvalue weighted by Gasteiger charge is 2.55. The van der Waals surface area contributed by atoms with Gasteiger partial charge in [-0.15, -0.1) is 0 Å². The number of hydrogen-bond donors (Lipinski definition) is 0. The Morgan fingerprint density at radius 2 is 1.57 bits per heavy atom. The van der Waals surface area contributed by atoms with Gasteiger partial charge in [0.1, 0.15) is 5.41 Å². The minimum atomic E-state index is -0.538. The van der Waals surface area contributed by atoms with E-state index in [4.69, 9.17) is 0 Å². The van der Waals surface area contributed by atoms with Crippen LogP contribution in [0.5, 0.6) is 0 Å². The molecule has 1 heterocycles. The third-order valence-electron chi connectivity index (χ3n) is 4.98. The summed E-state index contributed by atoms with van der Waals surface area (Å²) < 4.78 is 1.06. The fourth-order valence-corrected chi connectivity index (χ4v) is 4.66. The number of halogens is 1. The zero-order chi connectivity index (χ0) is 16.3. The van der Waals surface area contributed by atoms with Crippen LogP contribution in [-0.2, 0) is 10.2 Å². The summed E-state index contributed by atoms with van der Waals surface area (Å²) >= 11 is 2.43. The van der Waals surface area contributed by atoms with E-state index in [-0.39, 0.29) is 5.91 Å². The first kappa shape index (κ1) is 16.5. The summed E-state index contributed by atoms with van der Waals surface area (Å²) in [6.45, 7) is 3.70. The van der Waals surface area contributed by atoms with E-state index in [0.717, 1.165) is 35.1 Å². The molecule has 2 nitrogen and oxygen atoms in total. The van der Waals surface area contributed by atoms with Crippen molar-refractivity contribution in [3.05, 3.63) is 71.8 Å². The highest BCUT2D eigenvalue weighted by molar-refractivity contribution is 14.1. The van der Waals surface area contributed by atoms with Crippen molar-refractivity contribution >= 4 is 28.5 Å². The van der Waals surface area contributed by atoms with Crippen molar-refractivity contribution in [2.75, 3.05) is 17.5 Å². The van der Waals surface area contributed by atoms with Gasteiger partial charge in [-0.2, -0.15) is 0 Å². The molecule has 3 rings (SSSR count). The van der Waals surface area contributed by atoms with Crippen LogP contribution in [0.1, 0.15) is 24.5 Å². The van der Waals surface area contributed by atoms with E-state index >= 15 is 0 Å². The molecule has 1 aliphatic heterocycles. The van der Waals surface area contributed by atoms with Crippen LogP contribution in [0.25, 0.3) is 0 Å². The largest absolute Gasteiger partial charge is 0.342 e. The van der Waals surface area contributed by atoms with Gasteiger partial charge in [0.15, 0.2) is 0 Å². The second-order valence-corrected chi connectivity index (χ2v) is 7.14. The van der Waals surface area contributed by atoms with E-state index in [2.05, 4.69) is 53.8 Å². The van der Waals surface area contributed by atoms with Gasteiger partial charge in [0.25, 0.3) is 0 Å². The summed E-state index contributed by atoms with van der Waals surface area (Å²) in [4.78, 5) is 15.5. The zero-order valence-electron chi connectivity index (χ0n) is 13.4. The lowest BCUT2D eigenvalue weighted by Crippen LogP contribution is -2.42. The van der Waals surface area contributed by atoms with Crippen LogP contribution in [0.15, 0.2) is 60.7 Å². The maximum absolute atomic E-state index is 13.5. The Kier molecular flexibility index (Phi) is 5.05. The molecule has 0 aliphatic carbocycles. The highest BCUT2D eigenvalue weighted by Crippen LogP contribution is 2.47. The van der Waals surface area contributed by atoms with Gasteiger partial charge in [-0.05, 0) is 34.8 Å². The van der Waals surface area contributed by atoms with Crippen molar-refractivity contribution in [3.8, 4) is 0 Å². The predicted octanol–water partition coefficient (Wildman–Crippen LogP) is 4.28. The van der Waals surface area contributed by atoms with Gasteiger partial charge in [-0.25, -0.2) is 0 Å². The Balaban J connectivity index is 2.24. The van der Waals surface area contributed by atoms with Crippen LogP contribution in [0, 0.1) is 5.92 Å². The molecule has 1 atom stereocenters. The van der Waals surface area contributed by atoms with E-state index in [1.54, 1.807) is 0 Å². The molecule has 0 aromatic heterocycles. The smallest absolute Gasteiger partial charge is 0.238 e. The minimum Gasteiger partial charge on any atom is -0.342 e. The van der Waals surface area contributed by atoms with Crippen molar-refractivity contribution in [2.45, 2.75) is 18.8 Å². The molecule has 120 valence electrons. The molecule has 0 saturated carbocycles. The average molecular weight is 419 g/mol. The first-order chi connectivity index (χ1) is 11.2. The number of nitrogens with zero attached hydrogens (tertiary/aromatic N) is 1. The Labute approximate surface area is 152 Å². The summed E-state index contributed by atoms with van der Waals surface area (Å²) in [5.74, 6) is 0.573. The first-order valence-electron chi connectivity index (χ1n) is 8.21. The monoisotopic (exact) mass is 419 g/mol. The van der Waals surface area contributed by atoms with Gasteiger partial charge in [0.05, 0.1) is 0 Å². The Morgan fingerprint density at radius 1 is 1.04 bits per heavy atom. The fourth-order valence-electron chi connectivity index (χ4n) is 3.91. The third kappa shape index (κ3) is 2.69. The number of benzene rings is 2. The van der Waals surface area contributed by atoms with Gasteiger partial charge >= 0.3 is 0 Å². The van der Waals surface area contributed by atoms with Crippen LogP contribution in [0.2, 0.25) is 0 Å². The van der Waals surface area contributed by atoms with Crippen LogP contribution >= 0.6 is 22.6 Å². The van der Waals surface area contributed by atoms with Gasteiger partial charge in [0, 0.05) is 13.1 Å². The normalized spacial score (nSPS) is 20.0. The van der Waals surface area contributed by atoms with Crippen molar-refractivity contribution in [3.63, 3.8) is 0 Å². The molecule has 0 bridgehead atoms. The first-order valence-corrected chi connectivity index (χ1v) is 9.74. The van der Waals surface area contributed by atoms with Crippen LogP contribution in [0.4, 0.5) is 0 Å². The van der Waals surface area contributed by atoms with E-state index in [1.807, 2.05) is 41.3 Å². The molecule has 1 fully saturated rings. The van der Waals surface area contributed by atoms with Crippen LogP contribution in [-0.4, -0.2) is 28.3 Å². The molecule has 0 spiro atoms. The van der Waals surface area contributed by atoms with Crippen molar-refractivity contribution in [1.29, 1.82) is 0 Å². The van der Waals surface area contributed by atoms with Gasteiger partial charge in [-0.1, -0.05) is 83.3 Å². The number of likely N-dealkylation sites (tertiary alicyclic amines) is 1. The summed E-state index contributed by atoms with van der Waals surface area (Å²) in [5.41, 5.74) is 1.72. The summed E-state index contributed by atoms with van der Waals surface area (Å²) in [6.07, 6.45) is 1.05. The number of hydrogen-bond acceptors (Lipinski definition) is 1. The summed E-state index contributed by atoms with van der Waals surface area (Å²) in [6, 6.07) is 20.7. The molecular formula is C20H22INO. The number of rotatable bonds is 5. The molecule has 0 radical (unpaired) electrons. The maximum Gasteiger partial charge on any atom is 0.238 e. The second-order valence-electron chi connectivity index (χ2n) is 6.06. The molecule has 23 heavy (non-hydrogen) atoms. The Morgan fingerprint density at radius 3 is 2.00 bits per heavy atom. The molecule has 1 aliphatic rings. The number of likely N-dealkylation sites (N-methyl/N-ethyl adjacent to an activating group) is 1. The van der Waals surface area contributed by atoms with E-state index in [0.29, 0.717) is 5.92 Å². The molecule has 2 aromatic rings. The highest BCUT2D eigenvalue weighted by atomic mass is 127. The quantitative estimate of drug-likeness (QED) is 0.524. The number of alkyl halides is 1. The fraction of sp³-hybridized carbons (Fsp3) is 0.350. The van der Waals surface area contributed by atoms with Gasteiger partial charge < -0.3 is 4.90 Å². The molecule has 1 saturated heterocycles. The maximum atomic E-state index is 13.5. The van der Waals surface area contributed by atoms with E-state index in [9.17, 15) is 4.79 Å². The molecule has 0 unspecified atom stereocenters. The van der Waals surface area contributed by atoms with Crippen LogP contribution in [0.3, 0.4) is 0 Å². The Bertz CT molecular complexity index is 616. The van der Waals surface area contributed by atoms with Crippen molar-refractivity contribution < 1.29 is 4.79 Å². The lowest BCUT2D eigenvalue weighted by atomic mass is 9.66. The molecule has 3 heteroatoms. The lowest BCUT2D eigenvalue weighted by Gasteiger charge is -2.34. The lowest BCUT2D eigenvalue weighted by molar-refractivity contribution is -0.131. The Hall–Kier alpha value is -1.36. The second kappa shape index (κ2) is 7.04. The number of carbonyl (C=O) groups excluding carboxylic acids is 1. The van der Waals surface area contributed by atoms with Gasteiger partial charge in [0.2, 0.25) is 5.91 Å². The van der Waals surface area contributed by atoms with Crippen molar-refractivity contribution in [1.82, 2.24) is 4.90 Å². The van der Waals surface area contributed by atoms with Gasteiger partial charge in [-0.3, -0.25) is 4.79 Å². The zero-order valence-corrected chi connectivity index (χ0v) is 15.6. The van der Waals surface area contributed by atoms with E-state index < -0.39 is 5.41 Å². The number of amides is 1. The number of carbonyl (C=O) groups is 1. The topological polar surface area (TPSA) is 20.3 Å². The van der Waals surface area contributed by atoms with Crippen LogP contribution < -0.4 is 0 Å². The predicted molar refractivity (Wildman–Crippen MR) is 103 cm³/mol. The van der Waals surface area contributed by atoms with Crippen molar-refractivity contribution in [2.24, 2.45) is 5.92 Å². The molecule has 1 amide bonds. The van der Waals surface area contributed by atoms with E-state index in [1.165, 1.54) is 0 Å². The molecular weight excluding hydrogens is 397 g/mol. The standard InChI is InChI=1S/C20H22INO/c1-2-22-15-18(13-14-21)20(19(22)23,16-9-5-3-6-10-16)17-11-7-4-8-12-17/h3-12,18H,2,13-15H2,1H3/t18-/m1/s1. The molecule has 2 aromatic carbocycles. The third-order valence-corrected chi connectivity index (χ3v) is 5.60. The average Bonchev–Trinajstić information content (AvgIpc) is 2.89. The SMILES string of the molecule is CCN1C[C@@H](CCI)C(c2ccccc2)(c2ccccc2)C1=O. The summed E-state index contributed by atoms with van der Waals surface area (Å²) in [5, 5.41) is 0. The minimum absolute atomic E-state index is 0.257.